The van der Waals surface area contributed by atoms with E-state index in [0.29, 0.717) is 10.8 Å². The summed E-state index contributed by atoms with van der Waals surface area (Å²) in [6.45, 7) is 4.69. The number of hydrogen-bond acceptors (Lipinski definition) is 2. The molecule has 0 bridgehead atoms. The van der Waals surface area contributed by atoms with Crippen LogP contribution in [-0.2, 0) is 6.54 Å². The van der Waals surface area contributed by atoms with Crippen molar-refractivity contribution in [3.63, 3.8) is 0 Å². The molecule has 0 amide bonds. The Kier molecular flexibility index (Phi) is 4.92. The third-order valence-corrected chi connectivity index (χ3v) is 3.91. The smallest absolute Gasteiger partial charge is 0.146 e. The SMILES string of the molecule is CNCc1ccc(Oc2cc(C)c(Cl)c(C)c2)c(Cl)c1. The van der Waals surface area contributed by atoms with Crippen LogP contribution in [0.2, 0.25) is 10.0 Å². The van der Waals surface area contributed by atoms with Gasteiger partial charge in [0.25, 0.3) is 0 Å². The van der Waals surface area contributed by atoms with Crippen molar-refractivity contribution in [2.45, 2.75) is 20.4 Å². The van der Waals surface area contributed by atoms with Gasteiger partial charge in [-0.1, -0.05) is 29.3 Å². The highest BCUT2D eigenvalue weighted by atomic mass is 35.5. The zero-order valence-corrected chi connectivity index (χ0v) is 13.3. The first-order valence-electron chi connectivity index (χ1n) is 6.39. The molecule has 106 valence electrons. The first-order valence-corrected chi connectivity index (χ1v) is 7.14. The van der Waals surface area contributed by atoms with E-state index < -0.39 is 0 Å². The van der Waals surface area contributed by atoms with Gasteiger partial charge in [-0.2, -0.15) is 0 Å². The summed E-state index contributed by atoms with van der Waals surface area (Å²) < 4.78 is 5.85. The fraction of sp³-hybridized carbons (Fsp3) is 0.250. The van der Waals surface area contributed by atoms with Crippen LogP contribution in [0.15, 0.2) is 30.3 Å². The number of benzene rings is 2. The maximum Gasteiger partial charge on any atom is 0.146 e. The Morgan fingerprint density at radius 1 is 1.05 bits per heavy atom. The zero-order valence-electron chi connectivity index (χ0n) is 11.8. The summed E-state index contributed by atoms with van der Waals surface area (Å²) in [5, 5.41) is 4.46. The highest BCUT2D eigenvalue weighted by molar-refractivity contribution is 6.32. The van der Waals surface area contributed by atoms with Gasteiger partial charge in [-0.15, -0.1) is 0 Å². The minimum absolute atomic E-state index is 0.600. The molecular weight excluding hydrogens is 293 g/mol. The van der Waals surface area contributed by atoms with E-state index in [2.05, 4.69) is 5.32 Å². The third kappa shape index (κ3) is 3.45. The molecule has 20 heavy (non-hydrogen) atoms. The average Bonchev–Trinajstić information content (AvgIpc) is 2.39. The highest BCUT2D eigenvalue weighted by Crippen LogP contribution is 2.33. The molecule has 2 nitrogen and oxygen atoms in total. The van der Waals surface area contributed by atoms with Crippen molar-refractivity contribution in [3.05, 3.63) is 57.1 Å². The monoisotopic (exact) mass is 309 g/mol. The summed E-state index contributed by atoms with van der Waals surface area (Å²) in [6, 6.07) is 9.60. The Morgan fingerprint density at radius 2 is 1.70 bits per heavy atom. The first-order chi connectivity index (χ1) is 9.51. The third-order valence-electron chi connectivity index (χ3n) is 3.01. The van der Waals surface area contributed by atoms with E-state index in [0.717, 1.165) is 34.0 Å². The van der Waals surface area contributed by atoms with E-state index in [1.54, 1.807) is 0 Å². The molecule has 1 N–H and O–H groups in total. The lowest BCUT2D eigenvalue weighted by atomic mass is 10.1. The maximum absolute atomic E-state index is 6.25. The lowest BCUT2D eigenvalue weighted by Gasteiger charge is -2.11. The second kappa shape index (κ2) is 6.49. The summed E-state index contributed by atoms with van der Waals surface area (Å²) in [7, 11) is 1.90. The van der Waals surface area contributed by atoms with Gasteiger partial charge in [-0.25, -0.2) is 0 Å². The summed E-state index contributed by atoms with van der Waals surface area (Å²) in [4.78, 5) is 0. The second-order valence-corrected chi connectivity index (χ2v) is 5.55. The molecule has 0 saturated heterocycles. The molecule has 0 spiro atoms. The Hall–Kier alpha value is -1.22. The van der Waals surface area contributed by atoms with Crippen LogP contribution < -0.4 is 10.1 Å². The van der Waals surface area contributed by atoms with Crippen LogP contribution in [0.1, 0.15) is 16.7 Å². The molecule has 0 atom stereocenters. The molecule has 0 aliphatic rings. The number of ether oxygens (including phenoxy) is 1. The van der Waals surface area contributed by atoms with Crippen LogP contribution in [-0.4, -0.2) is 7.05 Å². The topological polar surface area (TPSA) is 21.3 Å². The van der Waals surface area contributed by atoms with Gasteiger partial charge in [0.2, 0.25) is 0 Å². The first kappa shape index (κ1) is 15.2. The molecule has 2 aromatic carbocycles. The van der Waals surface area contributed by atoms with Gasteiger partial charge in [0.15, 0.2) is 0 Å². The number of hydrogen-bond donors (Lipinski definition) is 1. The van der Waals surface area contributed by atoms with Crippen molar-refractivity contribution in [2.75, 3.05) is 7.05 Å². The van der Waals surface area contributed by atoms with Crippen LogP contribution in [0.3, 0.4) is 0 Å². The summed E-state index contributed by atoms with van der Waals surface area (Å²) >= 11 is 12.4. The van der Waals surface area contributed by atoms with Crippen molar-refractivity contribution in [2.24, 2.45) is 0 Å². The van der Waals surface area contributed by atoms with Crippen molar-refractivity contribution in [1.29, 1.82) is 0 Å². The molecule has 0 fully saturated rings. The van der Waals surface area contributed by atoms with Crippen LogP contribution in [0, 0.1) is 13.8 Å². The Balaban J connectivity index is 2.26. The predicted octanol–water partition coefficient (Wildman–Crippen LogP) is 5.12. The second-order valence-electron chi connectivity index (χ2n) is 4.77. The predicted molar refractivity (Wildman–Crippen MR) is 85.2 cm³/mol. The molecule has 0 radical (unpaired) electrons. The van der Waals surface area contributed by atoms with Gasteiger partial charge in [0, 0.05) is 11.6 Å². The molecule has 0 aliphatic heterocycles. The summed E-state index contributed by atoms with van der Waals surface area (Å²) in [6.07, 6.45) is 0. The molecule has 0 aromatic heterocycles. The quantitative estimate of drug-likeness (QED) is 0.846. The van der Waals surface area contributed by atoms with E-state index in [4.69, 9.17) is 27.9 Å². The van der Waals surface area contributed by atoms with Gasteiger partial charge < -0.3 is 10.1 Å². The molecule has 4 heteroatoms. The number of rotatable bonds is 4. The van der Waals surface area contributed by atoms with Crippen LogP contribution >= 0.6 is 23.2 Å². The maximum atomic E-state index is 6.25. The molecule has 0 aliphatic carbocycles. The lowest BCUT2D eigenvalue weighted by molar-refractivity contribution is 0.482. The molecule has 2 aromatic rings. The Bertz CT molecular complexity index is 603. The molecule has 0 saturated carbocycles. The fourth-order valence-electron chi connectivity index (χ4n) is 2.03. The van der Waals surface area contributed by atoms with Crippen LogP contribution in [0.25, 0.3) is 0 Å². The molecular formula is C16H17Cl2NO. The van der Waals surface area contributed by atoms with E-state index in [-0.39, 0.29) is 0 Å². The van der Waals surface area contributed by atoms with Crippen molar-refractivity contribution in [1.82, 2.24) is 5.32 Å². The summed E-state index contributed by atoms with van der Waals surface area (Å²) in [5.74, 6) is 1.39. The lowest BCUT2D eigenvalue weighted by Crippen LogP contribution is -2.04. The fourth-order valence-corrected chi connectivity index (χ4v) is 2.38. The van der Waals surface area contributed by atoms with Crippen LogP contribution in [0.5, 0.6) is 11.5 Å². The Morgan fingerprint density at radius 3 is 2.25 bits per heavy atom. The van der Waals surface area contributed by atoms with Gasteiger partial charge in [-0.05, 0) is 61.9 Å². The van der Waals surface area contributed by atoms with Crippen molar-refractivity contribution in [3.8, 4) is 11.5 Å². The van der Waals surface area contributed by atoms with Crippen molar-refractivity contribution < 1.29 is 4.74 Å². The van der Waals surface area contributed by atoms with Gasteiger partial charge in [-0.3, -0.25) is 0 Å². The minimum atomic E-state index is 0.600. The molecule has 2 rings (SSSR count). The van der Waals surface area contributed by atoms with Gasteiger partial charge in [0.05, 0.1) is 5.02 Å². The highest BCUT2D eigenvalue weighted by Gasteiger charge is 2.07. The number of nitrogens with one attached hydrogen (secondary N) is 1. The Labute approximate surface area is 129 Å². The minimum Gasteiger partial charge on any atom is -0.456 e. The van der Waals surface area contributed by atoms with E-state index in [1.807, 2.05) is 51.2 Å². The largest absolute Gasteiger partial charge is 0.456 e. The molecule has 0 heterocycles. The number of aryl methyl sites for hydroxylation is 2. The van der Waals surface area contributed by atoms with Crippen LogP contribution in [0.4, 0.5) is 0 Å². The number of halogens is 2. The van der Waals surface area contributed by atoms with Crippen molar-refractivity contribution >= 4 is 23.2 Å². The summed E-state index contributed by atoms with van der Waals surface area (Å²) in [5.41, 5.74) is 3.10. The standard InChI is InChI=1S/C16H17Cl2NO/c1-10-6-13(7-11(2)16(10)18)20-15-5-4-12(9-19-3)8-14(15)17/h4-8,19H,9H2,1-3H3. The molecule has 0 unspecified atom stereocenters. The zero-order chi connectivity index (χ0) is 14.7. The van der Waals surface area contributed by atoms with E-state index in [1.165, 1.54) is 0 Å². The van der Waals surface area contributed by atoms with E-state index >= 15 is 0 Å². The normalized spacial score (nSPS) is 10.7. The average molecular weight is 310 g/mol. The van der Waals surface area contributed by atoms with E-state index in [9.17, 15) is 0 Å². The van der Waals surface area contributed by atoms with Gasteiger partial charge >= 0.3 is 0 Å². The van der Waals surface area contributed by atoms with Gasteiger partial charge in [0.1, 0.15) is 11.5 Å².